The van der Waals surface area contributed by atoms with Gasteiger partial charge in [-0.25, -0.2) is 0 Å². The van der Waals surface area contributed by atoms with Gasteiger partial charge in [0.1, 0.15) is 0 Å². The van der Waals surface area contributed by atoms with Gasteiger partial charge in [-0.1, -0.05) is 24.3 Å². The highest BCUT2D eigenvalue weighted by Gasteiger charge is 2.26. The highest BCUT2D eigenvalue weighted by atomic mass is 16.2. The zero-order valence-electron chi connectivity index (χ0n) is 13.3. The number of carbonyl (C=O) groups excluding carboxylic acids is 1. The molecule has 0 saturated carbocycles. The van der Waals surface area contributed by atoms with Crippen molar-refractivity contribution in [2.45, 2.75) is 39.0 Å². The van der Waals surface area contributed by atoms with Gasteiger partial charge in [-0.2, -0.15) is 5.10 Å². The van der Waals surface area contributed by atoms with E-state index in [0.717, 1.165) is 31.5 Å². The van der Waals surface area contributed by atoms with Gasteiger partial charge in [0.15, 0.2) is 0 Å². The molecular formula is C18H23N3O. The van der Waals surface area contributed by atoms with Crippen LogP contribution in [-0.2, 0) is 11.2 Å². The normalized spacial score (nSPS) is 18.5. The fourth-order valence-corrected chi connectivity index (χ4v) is 3.29. The third-order valence-corrected chi connectivity index (χ3v) is 4.65. The molecule has 4 heteroatoms. The Bertz CT molecular complexity index is 662. The molecule has 1 atom stereocenters. The molecule has 1 N–H and O–H groups in total. The Morgan fingerprint density at radius 3 is 2.86 bits per heavy atom. The molecule has 0 radical (unpaired) electrons. The second-order valence-corrected chi connectivity index (χ2v) is 6.25. The van der Waals surface area contributed by atoms with E-state index < -0.39 is 0 Å². The SMILES string of the molecule is Cc1ccccc1CC(=O)N1CCCC(c2[nH]ncc2C)C1. The minimum Gasteiger partial charge on any atom is -0.342 e. The summed E-state index contributed by atoms with van der Waals surface area (Å²) in [4.78, 5) is 14.6. The molecule has 0 spiro atoms. The maximum Gasteiger partial charge on any atom is 0.227 e. The molecule has 4 nitrogen and oxygen atoms in total. The highest BCUT2D eigenvalue weighted by Crippen LogP contribution is 2.27. The van der Waals surface area contributed by atoms with Gasteiger partial charge in [-0.05, 0) is 43.4 Å². The average molecular weight is 297 g/mol. The molecule has 0 aliphatic carbocycles. The van der Waals surface area contributed by atoms with Crippen molar-refractivity contribution in [3.8, 4) is 0 Å². The number of H-pyrrole nitrogens is 1. The molecule has 1 aromatic heterocycles. The largest absolute Gasteiger partial charge is 0.342 e. The van der Waals surface area contributed by atoms with Gasteiger partial charge < -0.3 is 4.90 Å². The number of likely N-dealkylation sites (tertiary alicyclic amines) is 1. The Morgan fingerprint density at radius 2 is 2.14 bits per heavy atom. The number of benzene rings is 1. The molecule has 116 valence electrons. The number of aryl methyl sites for hydroxylation is 2. The van der Waals surface area contributed by atoms with Gasteiger partial charge in [-0.15, -0.1) is 0 Å². The molecule has 0 bridgehead atoms. The van der Waals surface area contributed by atoms with Crippen molar-refractivity contribution in [3.05, 3.63) is 52.8 Å². The van der Waals surface area contributed by atoms with Crippen molar-refractivity contribution in [1.82, 2.24) is 15.1 Å². The van der Waals surface area contributed by atoms with Gasteiger partial charge in [0.05, 0.1) is 12.6 Å². The first-order chi connectivity index (χ1) is 10.6. The Morgan fingerprint density at radius 1 is 1.32 bits per heavy atom. The van der Waals surface area contributed by atoms with Crippen molar-refractivity contribution in [3.63, 3.8) is 0 Å². The smallest absolute Gasteiger partial charge is 0.227 e. The van der Waals surface area contributed by atoms with Crippen LogP contribution in [0.15, 0.2) is 30.5 Å². The fourth-order valence-electron chi connectivity index (χ4n) is 3.29. The average Bonchev–Trinajstić information content (AvgIpc) is 2.96. The Balaban J connectivity index is 1.68. The summed E-state index contributed by atoms with van der Waals surface area (Å²) < 4.78 is 0. The topological polar surface area (TPSA) is 49.0 Å². The van der Waals surface area contributed by atoms with Crippen LogP contribution in [0, 0.1) is 13.8 Å². The number of aromatic amines is 1. The lowest BCUT2D eigenvalue weighted by atomic mass is 9.92. The van der Waals surface area contributed by atoms with Crippen LogP contribution in [0.5, 0.6) is 0 Å². The summed E-state index contributed by atoms with van der Waals surface area (Å²) in [7, 11) is 0. The summed E-state index contributed by atoms with van der Waals surface area (Å²) in [5.41, 5.74) is 4.70. The predicted octanol–water partition coefficient (Wildman–Crippen LogP) is 2.98. The maximum absolute atomic E-state index is 12.6. The van der Waals surface area contributed by atoms with Crippen LogP contribution in [0.3, 0.4) is 0 Å². The summed E-state index contributed by atoms with van der Waals surface area (Å²) in [6.07, 6.45) is 4.55. The molecule has 1 aliphatic heterocycles. The van der Waals surface area contributed by atoms with E-state index in [-0.39, 0.29) is 5.91 Å². The first-order valence-corrected chi connectivity index (χ1v) is 7.97. The van der Waals surface area contributed by atoms with Gasteiger partial charge >= 0.3 is 0 Å². The van der Waals surface area contributed by atoms with Gasteiger partial charge in [0.2, 0.25) is 5.91 Å². The number of piperidine rings is 1. The molecule has 1 unspecified atom stereocenters. The Hall–Kier alpha value is -2.10. The lowest BCUT2D eigenvalue weighted by molar-refractivity contribution is -0.131. The fraction of sp³-hybridized carbons (Fsp3) is 0.444. The predicted molar refractivity (Wildman–Crippen MR) is 86.8 cm³/mol. The standard InChI is InChI=1S/C18H23N3O/c1-13-6-3-4-7-15(13)10-17(22)21-9-5-8-16(12-21)18-14(2)11-19-20-18/h3-4,6-7,11,16H,5,8-10,12H2,1-2H3,(H,19,20). The zero-order valence-corrected chi connectivity index (χ0v) is 13.3. The summed E-state index contributed by atoms with van der Waals surface area (Å²) in [6, 6.07) is 8.13. The number of carbonyl (C=O) groups is 1. The van der Waals surface area contributed by atoms with E-state index in [1.165, 1.54) is 16.8 Å². The van der Waals surface area contributed by atoms with Gasteiger partial charge in [0.25, 0.3) is 0 Å². The minimum absolute atomic E-state index is 0.233. The number of hydrogen-bond donors (Lipinski definition) is 1. The quantitative estimate of drug-likeness (QED) is 0.947. The zero-order chi connectivity index (χ0) is 15.5. The molecule has 2 aromatic rings. The van der Waals surface area contributed by atoms with Crippen LogP contribution >= 0.6 is 0 Å². The molecule has 1 saturated heterocycles. The van der Waals surface area contributed by atoms with Crippen LogP contribution in [-0.4, -0.2) is 34.1 Å². The summed E-state index contributed by atoms with van der Waals surface area (Å²) in [5, 5.41) is 7.22. The monoisotopic (exact) mass is 297 g/mol. The first kappa shape index (κ1) is 14.8. The number of rotatable bonds is 3. The number of aromatic nitrogens is 2. The third kappa shape index (κ3) is 3.06. The molecule has 1 aromatic carbocycles. The minimum atomic E-state index is 0.233. The molecule has 22 heavy (non-hydrogen) atoms. The van der Waals surface area contributed by atoms with Crippen LogP contribution in [0.25, 0.3) is 0 Å². The van der Waals surface area contributed by atoms with E-state index in [1.807, 2.05) is 29.3 Å². The van der Waals surface area contributed by atoms with Crippen LogP contribution in [0.1, 0.15) is 41.1 Å². The van der Waals surface area contributed by atoms with E-state index in [9.17, 15) is 4.79 Å². The second-order valence-electron chi connectivity index (χ2n) is 6.25. The second kappa shape index (κ2) is 6.34. The van der Waals surface area contributed by atoms with E-state index in [4.69, 9.17) is 0 Å². The summed E-state index contributed by atoms with van der Waals surface area (Å²) in [6.45, 7) is 5.81. The summed E-state index contributed by atoms with van der Waals surface area (Å²) >= 11 is 0. The lowest BCUT2D eigenvalue weighted by Gasteiger charge is -2.32. The van der Waals surface area contributed by atoms with Crippen molar-refractivity contribution < 1.29 is 4.79 Å². The summed E-state index contributed by atoms with van der Waals surface area (Å²) in [5.74, 6) is 0.619. The van der Waals surface area contributed by atoms with Crippen LogP contribution in [0.4, 0.5) is 0 Å². The van der Waals surface area contributed by atoms with Crippen molar-refractivity contribution in [1.29, 1.82) is 0 Å². The first-order valence-electron chi connectivity index (χ1n) is 7.97. The van der Waals surface area contributed by atoms with Crippen LogP contribution < -0.4 is 0 Å². The molecular weight excluding hydrogens is 274 g/mol. The van der Waals surface area contributed by atoms with Gasteiger partial charge in [-0.3, -0.25) is 9.89 Å². The Kier molecular flexibility index (Phi) is 4.27. The molecule has 3 rings (SSSR count). The van der Waals surface area contributed by atoms with Crippen molar-refractivity contribution in [2.75, 3.05) is 13.1 Å². The Labute approximate surface area is 131 Å². The number of hydrogen-bond acceptors (Lipinski definition) is 2. The molecule has 1 aliphatic rings. The lowest BCUT2D eigenvalue weighted by Crippen LogP contribution is -2.40. The van der Waals surface area contributed by atoms with E-state index in [0.29, 0.717) is 12.3 Å². The number of nitrogens with one attached hydrogen (secondary N) is 1. The van der Waals surface area contributed by atoms with Gasteiger partial charge in [0, 0.05) is 24.7 Å². The van der Waals surface area contributed by atoms with E-state index >= 15 is 0 Å². The molecule has 1 amide bonds. The van der Waals surface area contributed by atoms with Crippen molar-refractivity contribution >= 4 is 5.91 Å². The number of amides is 1. The van der Waals surface area contributed by atoms with E-state index in [2.05, 4.69) is 30.1 Å². The third-order valence-electron chi connectivity index (χ3n) is 4.65. The van der Waals surface area contributed by atoms with Crippen molar-refractivity contribution in [2.24, 2.45) is 0 Å². The number of nitrogens with zero attached hydrogens (tertiary/aromatic N) is 2. The van der Waals surface area contributed by atoms with Crippen LogP contribution in [0.2, 0.25) is 0 Å². The molecule has 1 fully saturated rings. The highest BCUT2D eigenvalue weighted by molar-refractivity contribution is 5.79. The molecule has 2 heterocycles. The van der Waals surface area contributed by atoms with E-state index in [1.54, 1.807) is 0 Å². The maximum atomic E-state index is 12.6.